The van der Waals surface area contributed by atoms with Crippen molar-refractivity contribution in [3.63, 3.8) is 0 Å². The molecule has 2 aromatic rings. The van der Waals surface area contributed by atoms with E-state index in [2.05, 4.69) is 15.9 Å². The highest BCUT2D eigenvalue weighted by Gasteiger charge is 2.32. The predicted molar refractivity (Wildman–Crippen MR) is 74.1 cm³/mol. The number of thioether (sulfide) groups is 1. The van der Waals surface area contributed by atoms with E-state index in [1.807, 2.05) is 22.6 Å². The van der Waals surface area contributed by atoms with Gasteiger partial charge < -0.3 is 0 Å². The maximum Gasteiger partial charge on any atom is 0.446 e. The molecule has 1 heterocycles. The normalized spacial score (nSPS) is 12.4. The average molecular weight is 457 g/mol. The first-order valence-electron chi connectivity index (χ1n) is 4.11. The fourth-order valence-electron chi connectivity index (χ4n) is 1.29. The van der Waals surface area contributed by atoms with Crippen LogP contribution in [0.4, 0.5) is 17.6 Å². The van der Waals surface area contributed by atoms with Crippen molar-refractivity contribution in [3.05, 3.63) is 25.3 Å². The lowest BCUT2D eigenvalue weighted by Gasteiger charge is -2.05. The summed E-state index contributed by atoms with van der Waals surface area (Å²) in [6, 6.07) is 2.38. The summed E-state index contributed by atoms with van der Waals surface area (Å²) < 4.78 is 52.0. The number of rotatable bonds is 1. The van der Waals surface area contributed by atoms with Gasteiger partial charge in [-0.25, -0.2) is 4.39 Å². The lowest BCUT2D eigenvalue weighted by molar-refractivity contribution is -0.0327. The summed E-state index contributed by atoms with van der Waals surface area (Å²) in [4.78, 5) is 0.0679. The van der Waals surface area contributed by atoms with E-state index in [-0.39, 0.29) is 16.7 Å². The largest absolute Gasteiger partial charge is 0.446 e. The minimum absolute atomic E-state index is 0.0679. The molecule has 0 spiro atoms. The van der Waals surface area contributed by atoms with Crippen LogP contribution in [-0.2, 0) is 0 Å². The van der Waals surface area contributed by atoms with Gasteiger partial charge in [0.25, 0.3) is 0 Å². The third-order valence-electron chi connectivity index (χ3n) is 1.84. The van der Waals surface area contributed by atoms with Crippen molar-refractivity contribution in [1.29, 1.82) is 0 Å². The fraction of sp³-hybridized carbons (Fsp3) is 0.111. The first kappa shape index (κ1) is 13.9. The Hall–Kier alpha value is 0.460. The van der Waals surface area contributed by atoms with E-state index < -0.39 is 11.3 Å². The quantitative estimate of drug-likeness (QED) is 0.287. The molecular formula is C9H2BrF4IS2. The molecule has 0 saturated carbocycles. The van der Waals surface area contributed by atoms with Crippen LogP contribution in [-0.4, -0.2) is 5.51 Å². The Kier molecular flexibility index (Phi) is 3.97. The van der Waals surface area contributed by atoms with Crippen LogP contribution < -0.4 is 0 Å². The maximum absolute atomic E-state index is 13.2. The molecule has 8 heteroatoms. The van der Waals surface area contributed by atoms with Crippen LogP contribution in [0.25, 0.3) is 10.1 Å². The predicted octanol–water partition coefficient (Wildman–Crippen LogP) is 6.02. The van der Waals surface area contributed by atoms with Gasteiger partial charge in [-0.2, -0.15) is 13.2 Å². The van der Waals surface area contributed by atoms with E-state index in [0.29, 0.717) is 17.4 Å². The molecule has 0 aliphatic carbocycles. The van der Waals surface area contributed by atoms with E-state index in [0.717, 1.165) is 6.07 Å². The van der Waals surface area contributed by atoms with E-state index in [1.165, 1.54) is 17.4 Å². The van der Waals surface area contributed by atoms with Crippen molar-refractivity contribution in [3.8, 4) is 0 Å². The Labute approximate surface area is 124 Å². The van der Waals surface area contributed by atoms with Crippen LogP contribution in [0, 0.1) is 8.70 Å². The second kappa shape index (κ2) is 4.86. The highest BCUT2D eigenvalue weighted by atomic mass is 127. The SMILES string of the molecule is Fc1cc(Br)c2sc(I)c(SC(F)(F)F)c2c1. The monoisotopic (exact) mass is 456 g/mol. The molecule has 0 nitrogen and oxygen atoms in total. The second-order valence-corrected chi connectivity index (χ2v) is 7.78. The first-order valence-corrected chi connectivity index (χ1v) is 7.61. The van der Waals surface area contributed by atoms with Crippen molar-refractivity contribution in [2.24, 2.45) is 0 Å². The molecule has 0 bridgehead atoms. The molecule has 0 aliphatic rings. The zero-order chi connectivity index (χ0) is 12.8. The third kappa shape index (κ3) is 3.07. The molecule has 0 radical (unpaired) electrons. The Morgan fingerprint density at radius 2 is 1.94 bits per heavy atom. The number of thiophene rings is 1. The average Bonchev–Trinajstić information content (AvgIpc) is 2.43. The van der Waals surface area contributed by atoms with Gasteiger partial charge in [0, 0.05) is 14.8 Å². The summed E-state index contributed by atoms with van der Waals surface area (Å²) in [5.41, 5.74) is -4.37. The van der Waals surface area contributed by atoms with Gasteiger partial charge in [0.05, 0.1) is 7.58 Å². The minimum Gasteiger partial charge on any atom is -0.207 e. The van der Waals surface area contributed by atoms with Gasteiger partial charge in [-0.3, -0.25) is 0 Å². The Balaban J connectivity index is 2.66. The molecule has 1 aromatic heterocycles. The van der Waals surface area contributed by atoms with Crippen molar-refractivity contribution in [2.75, 3.05) is 0 Å². The van der Waals surface area contributed by atoms with E-state index in [1.54, 1.807) is 0 Å². The lowest BCUT2D eigenvalue weighted by Crippen LogP contribution is -1.99. The Bertz CT molecular complexity index is 578. The minimum atomic E-state index is -4.37. The van der Waals surface area contributed by atoms with E-state index >= 15 is 0 Å². The Morgan fingerprint density at radius 1 is 1.29 bits per heavy atom. The standard InChI is InChI=1S/C9H2BrF4IS2/c10-5-2-3(11)1-4-6(5)16-8(15)7(4)17-9(12,13)14/h1-2H. The molecule has 1 aromatic carbocycles. The van der Waals surface area contributed by atoms with Crippen LogP contribution in [0.2, 0.25) is 0 Å². The summed E-state index contributed by atoms with van der Waals surface area (Å²) in [7, 11) is 0. The van der Waals surface area contributed by atoms with Crippen LogP contribution in [0.3, 0.4) is 0 Å². The smallest absolute Gasteiger partial charge is 0.207 e. The van der Waals surface area contributed by atoms with Gasteiger partial charge in [-0.1, -0.05) is 0 Å². The van der Waals surface area contributed by atoms with Crippen LogP contribution >= 0.6 is 61.6 Å². The van der Waals surface area contributed by atoms with Gasteiger partial charge in [0.15, 0.2) is 0 Å². The van der Waals surface area contributed by atoms with Gasteiger partial charge in [-0.05, 0) is 62.4 Å². The summed E-state index contributed by atoms with van der Waals surface area (Å²) in [5.74, 6) is -0.553. The summed E-state index contributed by atoms with van der Waals surface area (Å²) in [5, 5.41) is 0.300. The number of hydrogen-bond acceptors (Lipinski definition) is 2. The zero-order valence-electron chi connectivity index (χ0n) is 7.74. The topological polar surface area (TPSA) is 0 Å². The fourth-order valence-corrected chi connectivity index (χ4v) is 4.95. The maximum atomic E-state index is 13.2. The van der Waals surface area contributed by atoms with Crippen molar-refractivity contribution in [1.82, 2.24) is 0 Å². The second-order valence-electron chi connectivity index (χ2n) is 3.02. The van der Waals surface area contributed by atoms with Crippen LogP contribution in [0.1, 0.15) is 0 Å². The summed E-state index contributed by atoms with van der Waals surface area (Å²) >= 11 is 5.99. The molecule has 0 amide bonds. The van der Waals surface area contributed by atoms with Gasteiger partial charge in [0.1, 0.15) is 5.82 Å². The lowest BCUT2D eigenvalue weighted by atomic mass is 10.2. The molecule has 2 rings (SSSR count). The van der Waals surface area contributed by atoms with Gasteiger partial charge in [0.2, 0.25) is 0 Å². The number of halogens is 6. The van der Waals surface area contributed by atoms with Crippen molar-refractivity contribution in [2.45, 2.75) is 10.4 Å². The highest BCUT2D eigenvalue weighted by molar-refractivity contribution is 14.1. The molecule has 0 atom stereocenters. The molecule has 0 unspecified atom stereocenters. The van der Waals surface area contributed by atoms with Gasteiger partial charge in [-0.15, -0.1) is 11.3 Å². The number of benzene rings is 1. The molecule has 0 aliphatic heterocycles. The first-order chi connectivity index (χ1) is 7.78. The van der Waals surface area contributed by atoms with Crippen molar-refractivity contribution < 1.29 is 17.6 Å². The van der Waals surface area contributed by atoms with Crippen molar-refractivity contribution >= 4 is 71.7 Å². The number of alkyl halides is 3. The molecule has 17 heavy (non-hydrogen) atoms. The highest BCUT2D eigenvalue weighted by Crippen LogP contribution is 2.47. The molecular weight excluding hydrogens is 455 g/mol. The van der Waals surface area contributed by atoms with E-state index in [4.69, 9.17) is 0 Å². The number of fused-ring (bicyclic) bond motifs is 1. The molecule has 0 saturated heterocycles. The zero-order valence-corrected chi connectivity index (χ0v) is 13.1. The molecule has 0 N–H and O–H groups in total. The van der Waals surface area contributed by atoms with E-state index in [9.17, 15) is 17.6 Å². The third-order valence-corrected chi connectivity index (χ3v) is 6.31. The Morgan fingerprint density at radius 3 is 2.53 bits per heavy atom. The van der Waals surface area contributed by atoms with Crippen LogP contribution in [0.15, 0.2) is 21.5 Å². The summed E-state index contributed by atoms with van der Waals surface area (Å²) in [6.07, 6.45) is 0. The van der Waals surface area contributed by atoms with Gasteiger partial charge >= 0.3 is 5.51 Å². The molecule has 0 fully saturated rings. The summed E-state index contributed by atoms with van der Waals surface area (Å²) in [6.45, 7) is 0. The van der Waals surface area contributed by atoms with Crippen LogP contribution in [0.5, 0.6) is 0 Å². The number of hydrogen-bond donors (Lipinski definition) is 0. The molecule has 92 valence electrons.